The van der Waals surface area contributed by atoms with Crippen LogP contribution in [0.3, 0.4) is 0 Å². The minimum Gasteiger partial charge on any atom is -0.422 e. The van der Waals surface area contributed by atoms with Crippen molar-refractivity contribution >= 4 is 33.5 Å². The van der Waals surface area contributed by atoms with E-state index in [1.807, 2.05) is 42.5 Å². The number of rotatable bonds is 7. The van der Waals surface area contributed by atoms with Crippen LogP contribution < -0.4 is 9.47 Å². The van der Waals surface area contributed by atoms with E-state index in [1.165, 1.54) is 5.57 Å². The summed E-state index contributed by atoms with van der Waals surface area (Å²) < 4.78 is 11.7. The van der Waals surface area contributed by atoms with Crippen LogP contribution in [0.25, 0.3) is 21.5 Å². The number of fused-ring (bicyclic) bond motifs is 2. The van der Waals surface area contributed by atoms with Gasteiger partial charge in [0, 0.05) is 32.7 Å². The van der Waals surface area contributed by atoms with Gasteiger partial charge in [-0.1, -0.05) is 67.3 Å². The lowest BCUT2D eigenvalue weighted by atomic mass is 9.94. The summed E-state index contributed by atoms with van der Waals surface area (Å²) >= 11 is 0. The summed E-state index contributed by atoms with van der Waals surface area (Å²) in [6.45, 7) is 14.8. The van der Waals surface area contributed by atoms with E-state index in [2.05, 4.69) is 33.1 Å². The SMILES string of the molecule is C=C(C)C(=O)Oc1c2ccccc2c(OC(=O)C(=C)C)c2c(CCC=C(C)C)cccc12. The van der Waals surface area contributed by atoms with Crippen LogP contribution in [0, 0.1) is 0 Å². The van der Waals surface area contributed by atoms with E-state index >= 15 is 0 Å². The summed E-state index contributed by atoms with van der Waals surface area (Å²) in [5.41, 5.74) is 2.85. The molecule has 164 valence electrons. The first-order chi connectivity index (χ1) is 15.2. The van der Waals surface area contributed by atoms with Crippen molar-refractivity contribution in [3.8, 4) is 11.5 Å². The Morgan fingerprint density at radius 3 is 1.88 bits per heavy atom. The highest BCUT2D eigenvalue weighted by atomic mass is 16.5. The maximum atomic E-state index is 12.5. The fourth-order valence-corrected chi connectivity index (χ4v) is 3.52. The third-order valence-corrected chi connectivity index (χ3v) is 5.09. The summed E-state index contributed by atoms with van der Waals surface area (Å²) in [4.78, 5) is 25.0. The number of allylic oxidation sites excluding steroid dienone is 2. The van der Waals surface area contributed by atoms with Gasteiger partial charge >= 0.3 is 11.9 Å². The Morgan fingerprint density at radius 2 is 1.31 bits per heavy atom. The molecule has 3 aromatic carbocycles. The quantitative estimate of drug-likeness (QED) is 0.136. The molecule has 0 bridgehead atoms. The van der Waals surface area contributed by atoms with Crippen LogP contribution >= 0.6 is 0 Å². The molecule has 0 heterocycles. The van der Waals surface area contributed by atoms with E-state index < -0.39 is 11.9 Å². The van der Waals surface area contributed by atoms with E-state index in [0.29, 0.717) is 38.8 Å². The van der Waals surface area contributed by atoms with E-state index in [1.54, 1.807) is 13.8 Å². The number of carbonyl (C=O) groups is 2. The zero-order valence-corrected chi connectivity index (χ0v) is 19.1. The molecule has 0 fully saturated rings. The van der Waals surface area contributed by atoms with Crippen molar-refractivity contribution in [2.75, 3.05) is 0 Å². The summed E-state index contributed by atoms with van der Waals surface area (Å²) in [6, 6.07) is 13.3. The Hall–Kier alpha value is -3.66. The summed E-state index contributed by atoms with van der Waals surface area (Å²) in [5, 5.41) is 2.83. The van der Waals surface area contributed by atoms with Crippen LogP contribution in [-0.4, -0.2) is 11.9 Å². The predicted molar refractivity (Wildman–Crippen MR) is 130 cm³/mol. The predicted octanol–water partition coefficient (Wildman–Crippen LogP) is 6.85. The third kappa shape index (κ3) is 4.80. The monoisotopic (exact) mass is 428 g/mol. The number of aryl methyl sites for hydroxylation is 1. The van der Waals surface area contributed by atoms with E-state index in [0.717, 1.165) is 23.8 Å². The van der Waals surface area contributed by atoms with Crippen molar-refractivity contribution in [2.45, 2.75) is 40.5 Å². The highest BCUT2D eigenvalue weighted by molar-refractivity contribution is 6.14. The standard InChI is InChI=1S/C28H28O4/c1-17(2)11-9-12-20-13-10-16-23-24(20)26(32-28(30)19(5)6)22-15-8-7-14-21(22)25(23)31-27(29)18(3)4/h7-8,10-11,13-16H,3,5,9,12H2,1-2,4,6H3. The van der Waals surface area contributed by atoms with Crippen LogP contribution in [0.1, 0.15) is 39.7 Å². The Balaban J connectivity index is 2.37. The van der Waals surface area contributed by atoms with Crippen LogP contribution in [0.4, 0.5) is 0 Å². The van der Waals surface area contributed by atoms with Gasteiger partial charge < -0.3 is 9.47 Å². The second-order valence-electron chi connectivity index (χ2n) is 8.20. The zero-order chi connectivity index (χ0) is 23.4. The lowest BCUT2D eigenvalue weighted by molar-refractivity contribution is -0.130. The van der Waals surface area contributed by atoms with Gasteiger partial charge in [0.05, 0.1) is 0 Å². The lowest BCUT2D eigenvalue weighted by Gasteiger charge is -2.18. The molecule has 0 aliphatic rings. The normalized spacial score (nSPS) is 10.6. The van der Waals surface area contributed by atoms with Gasteiger partial charge in [0.1, 0.15) is 11.5 Å². The van der Waals surface area contributed by atoms with Crippen LogP contribution in [0.15, 0.2) is 78.4 Å². The highest BCUT2D eigenvalue weighted by Crippen LogP contribution is 2.44. The van der Waals surface area contributed by atoms with Gasteiger partial charge in [0.25, 0.3) is 0 Å². The van der Waals surface area contributed by atoms with Gasteiger partial charge in [-0.15, -0.1) is 0 Å². The topological polar surface area (TPSA) is 52.6 Å². The number of ether oxygens (including phenoxy) is 2. The number of esters is 2. The van der Waals surface area contributed by atoms with E-state index in [9.17, 15) is 9.59 Å². The van der Waals surface area contributed by atoms with Gasteiger partial charge in [0.2, 0.25) is 0 Å². The fourth-order valence-electron chi connectivity index (χ4n) is 3.52. The Kier molecular flexibility index (Phi) is 6.94. The molecule has 3 aromatic rings. The molecule has 0 saturated carbocycles. The molecular formula is C28H28O4. The molecule has 0 saturated heterocycles. The minimum absolute atomic E-state index is 0.305. The third-order valence-electron chi connectivity index (χ3n) is 5.09. The molecule has 4 nitrogen and oxygen atoms in total. The Labute approximate surface area is 188 Å². The van der Waals surface area contributed by atoms with Crippen molar-refractivity contribution in [3.63, 3.8) is 0 Å². The average molecular weight is 429 g/mol. The molecule has 0 unspecified atom stereocenters. The molecule has 4 heteroatoms. The number of benzene rings is 3. The largest absolute Gasteiger partial charge is 0.422 e. The molecule has 0 amide bonds. The van der Waals surface area contributed by atoms with E-state index in [4.69, 9.17) is 9.47 Å². The van der Waals surface area contributed by atoms with Crippen molar-refractivity contribution in [2.24, 2.45) is 0 Å². The molecular weight excluding hydrogens is 400 g/mol. The second kappa shape index (κ2) is 9.65. The van der Waals surface area contributed by atoms with E-state index in [-0.39, 0.29) is 0 Å². The van der Waals surface area contributed by atoms with Gasteiger partial charge in [-0.05, 0) is 46.1 Å². The molecule has 3 rings (SSSR count). The first kappa shape index (κ1) is 23.0. The van der Waals surface area contributed by atoms with Gasteiger partial charge in [-0.3, -0.25) is 0 Å². The molecule has 0 aliphatic carbocycles. The maximum Gasteiger partial charge on any atom is 0.338 e. The molecule has 0 spiro atoms. The first-order valence-corrected chi connectivity index (χ1v) is 10.6. The molecule has 0 atom stereocenters. The first-order valence-electron chi connectivity index (χ1n) is 10.6. The molecule has 0 N–H and O–H groups in total. The smallest absolute Gasteiger partial charge is 0.338 e. The molecule has 0 aromatic heterocycles. The molecule has 32 heavy (non-hydrogen) atoms. The minimum atomic E-state index is -0.502. The number of hydrogen-bond acceptors (Lipinski definition) is 4. The summed E-state index contributed by atoms with van der Waals surface area (Å²) in [7, 11) is 0. The molecule has 0 aliphatic heterocycles. The number of hydrogen-bond donors (Lipinski definition) is 0. The summed E-state index contributed by atoms with van der Waals surface area (Å²) in [6.07, 6.45) is 3.75. The number of carbonyl (C=O) groups excluding carboxylic acids is 2. The van der Waals surface area contributed by atoms with Crippen molar-refractivity contribution < 1.29 is 19.1 Å². The lowest BCUT2D eigenvalue weighted by Crippen LogP contribution is -2.12. The van der Waals surface area contributed by atoms with Gasteiger partial charge in [0.15, 0.2) is 0 Å². The van der Waals surface area contributed by atoms with Crippen LogP contribution in [0.5, 0.6) is 11.5 Å². The van der Waals surface area contributed by atoms with Crippen molar-refractivity contribution in [3.05, 3.63) is 84.0 Å². The highest BCUT2D eigenvalue weighted by Gasteiger charge is 2.22. The fraction of sp³-hybridized carbons (Fsp3) is 0.214. The van der Waals surface area contributed by atoms with Crippen LogP contribution in [0.2, 0.25) is 0 Å². The van der Waals surface area contributed by atoms with Crippen molar-refractivity contribution in [1.29, 1.82) is 0 Å². The summed E-state index contributed by atoms with van der Waals surface area (Å²) in [5.74, 6) is -0.116. The molecule has 0 radical (unpaired) electrons. The zero-order valence-electron chi connectivity index (χ0n) is 19.1. The van der Waals surface area contributed by atoms with Crippen molar-refractivity contribution in [1.82, 2.24) is 0 Å². The van der Waals surface area contributed by atoms with Crippen LogP contribution in [-0.2, 0) is 16.0 Å². The average Bonchev–Trinajstić information content (AvgIpc) is 2.75. The Bertz CT molecular complexity index is 1270. The maximum absolute atomic E-state index is 12.5. The van der Waals surface area contributed by atoms with Gasteiger partial charge in [-0.25, -0.2) is 9.59 Å². The van der Waals surface area contributed by atoms with Gasteiger partial charge in [-0.2, -0.15) is 0 Å². The second-order valence-corrected chi connectivity index (χ2v) is 8.20. The Morgan fingerprint density at radius 1 is 0.781 bits per heavy atom.